The topological polar surface area (TPSA) is 29.9 Å². The van der Waals surface area contributed by atoms with Gasteiger partial charge in [0.15, 0.2) is 0 Å². The molecule has 0 spiro atoms. The third kappa shape index (κ3) is 3.04. The van der Waals surface area contributed by atoms with Gasteiger partial charge >= 0.3 is 0 Å². The average molecular weight is 257 g/mol. The molecule has 102 valence electrons. The lowest BCUT2D eigenvalue weighted by atomic mass is 10.0. The number of imidazole rings is 1. The third-order valence-corrected chi connectivity index (χ3v) is 3.50. The van der Waals surface area contributed by atoms with Crippen molar-refractivity contribution in [1.29, 1.82) is 0 Å². The second-order valence-corrected chi connectivity index (χ2v) is 4.81. The highest BCUT2D eigenvalue weighted by molar-refractivity contribution is 5.38. The zero-order valence-corrected chi connectivity index (χ0v) is 12.1. The Balaban J connectivity index is 2.34. The van der Waals surface area contributed by atoms with Crippen LogP contribution in [0.15, 0.2) is 36.7 Å². The Kier molecular flexibility index (Phi) is 4.74. The van der Waals surface area contributed by atoms with Gasteiger partial charge in [-0.15, -0.1) is 0 Å². The van der Waals surface area contributed by atoms with Crippen LogP contribution in [0.25, 0.3) is 5.69 Å². The molecule has 1 N–H and O–H groups in total. The van der Waals surface area contributed by atoms with E-state index in [1.807, 2.05) is 19.4 Å². The van der Waals surface area contributed by atoms with E-state index in [0.29, 0.717) is 6.04 Å². The fourth-order valence-electron chi connectivity index (χ4n) is 2.48. The first-order valence-electron chi connectivity index (χ1n) is 7.10. The molecule has 0 aliphatic carbocycles. The molecule has 1 aromatic heterocycles. The summed E-state index contributed by atoms with van der Waals surface area (Å²) in [6, 6.07) is 9.13. The van der Waals surface area contributed by atoms with Gasteiger partial charge in [0.05, 0.1) is 0 Å². The first kappa shape index (κ1) is 13.8. The quantitative estimate of drug-likeness (QED) is 0.858. The van der Waals surface area contributed by atoms with Gasteiger partial charge in [0.25, 0.3) is 0 Å². The molecule has 1 atom stereocenters. The minimum Gasteiger partial charge on any atom is -0.313 e. The lowest BCUT2D eigenvalue weighted by Crippen LogP contribution is -2.15. The van der Waals surface area contributed by atoms with Gasteiger partial charge in [0.1, 0.15) is 5.82 Å². The van der Waals surface area contributed by atoms with Crippen molar-refractivity contribution in [2.24, 2.45) is 0 Å². The molecule has 0 aliphatic heterocycles. The Morgan fingerprint density at radius 3 is 2.84 bits per heavy atom. The highest BCUT2D eigenvalue weighted by Gasteiger charge is 2.09. The van der Waals surface area contributed by atoms with Crippen molar-refractivity contribution >= 4 is 0 Å². The largest absolute Gasteiger partial charge is 0.313 e. The van der Waals surface area contributed by atoms with Crippen LogP contribution in [-0.2, 0) is 6.42 Å². The van der Waals surface area contributed by atoms with E-state index in [2.05, 4.69) is 53.0 Å². The molecular formula is C16H23N3. The second kappa shape index (κ2) is 6.53. The molecule has 1 heterocycles. The van der Waals surface area contributed by atoms with E-state index in [0.717, 1.165) is 25.1 Å². The Bertz CT molecular complexity index is 512. The average Bonchev–Trinajstić information content (AvgIpc) is 2.89. The van der Waals surface area contributed by atoms with E-state index in [9.17, 15) is 0 Å². The van der Waals surface area contributed by atoms with Gasteiger partial charge in [-0.05, 0) is 37.6 Å². The number of rotatable bonds is 6. The van der Waals surface area contributed by atoms with Crippen molar-refractivity contribution in [3.8, 4) is 5.69 Å². The molecule has 19 heavy (non-hydrogen) atoms. The van der Waals surface area contributed by atoms with Crippen molar-refractivity contribution in [2.45, 2.75) is 39.2 Å². The zero-order valence-electron chi connectivity index (χ0n) is 12.1. The van der Waals surface area contributed by atoms with Gasteiger partial charge < -0.3 is 9.88 Å². The van der Waals surface area contributed by atoms with Crippen LogP contribution in [0.1, 0.15) is 44.1 Å². The summed E-state index contributed by atoms with van der Waals surface area (Å²) in [4.78, 5) is 4.44. The highest BCUT2D eigenvalue weighted by atomic mass is 15.1. The maximum Gasteiger partial charge on any atom is 0.113 e. The van der Waals surface area contributed by atoms with Crippen LogP contribution in [0.2, 0.25) is 0 Å². The number of aromatic nitrogens is 2. The minimum atomic E-state index is 0.415. The molecular weight excluding hydrogens is 234 g/mol. The molecule has 1 aromatic carbocycles. The number of hydrogen-bond donors (Lipinski definition) is 1. The normalized spacial score (nSPS) is 12.6. The van der Waals surface area contributed by atoms with Crippen LogP contribution in [0.4, 0.5) is 0 Å². The van der Waals surface area contributed by atoms with Gasteiger partial charge in [-0.3, -0.25) is 0 Å². The number of nitrogens with zero attached hydrogens (tertiary/aromatic N) is 2. The molecule has 1 unspecified atom stereocenters. The van der Waals surface area contributed by atoms with Crippen LogP contribution < -0.4 is 5.32 Å². The predicted molar refractivity (Wildman–Crippen MR) is 79.7 cm³/mol. The summed E-state index contributed by atoms with van der Waals surface area (Å²) in [7, 11) is 2.01. The Morgan fingerprint density at radius 2 is 2.16 bits per heavy atom. The summed E-state index contributed by atoms with van der Waals surface area (Å²) in [5, 5.41) is 3.36. The lowest BCUT2D eigenvalue weighted by molar-refractivity contribution is 0.576. The molecule has 0 radical (unpaired) electrons. The smallest absolute Gasteiger partial charge is 0.113 e. The van der Waals surface area contributed by atoms with Crippen molar-refractivity contribution in [3.05, 3.63) is 48.0 Å². The van der Waals surface area contributed by atoms with Crippen molar-refractivity contribution in [3.63, 3.8) is 0 Å². The molecule has 0 fully saturated rings. The lowest BCUT2D eigenvalue weighted by Gasteiger charge is -2.16. The van der Waals surface area contributed by atoms with Crippen LogP contribution in [0, 0.1) is 0 Å². The Morgan fingerprint density at radius 1 is 1.32 bits per heavy atom. The van der Waals surface area contributed by atoms with Crippen LogP contribution in [0.3, 0.4) is 0 Å². The van der Waals surface area contributed by atoms with Crippen LogP contribution in [-0.4, -0.2) is 16.6 Å². The SMILES string of the molecule is CCCc1nccn1-c1cccc(C(CC)NC)c1. The molecule has 0 saturated carbocycles. The highest BCUT2D eigenvalue weighted by Crippen LogP contribution is 2.20. The second-order valence-electron chi connectivity index (χ2n) is 4.81. The predicted octanol–water partition coefficient (Wildman–Crippen LogP) is 3.50. The van der Waals surface area contributed by atoms with E-state index in [4.69, 9.17) is 0 Å². The standard InChI is InChI=1S/C16H23N3/c1-4-7-16-18-10-11-19(16)14-9-6-8-13(12-14)15(5-2)17-3/h6,8-12,15,17H,4-5,7H2,1-3H3. The molecule has 0 amide bonds. The maximum absolute atomic E-state index is 4.44. The molecule has 0 aliphatic rings. The zero-order chi connectivity index (χ0) is 13.7. The van der Waals surface area contributed by atoms with Gasteiger partial charge in [0.2, 0.25) is 0 Å². The Labute approximate surface area is 115 Å². The molecule has 0 saturated heterocycles. The first-order valence-corrected chi connectivity index (χ1v) is 7.10. The summed E-state index contributed by atoms with van der Waals surface area (Å²) in [6.07, 6.45) is 7.15. The van der Waals surface area contributed by atoms with E-state index >= 15 is 0 Å². The van der Waals surface area contributed by atoms with E-state index in [-0.39, 0.29) is 0 Å². The monoisotopic (exact) mass is 257 g/mol. The summed E-state index contributed by atoms with van der Waals surface area (Å²) in [5.41, 5.74) is 2.53. The minimum absolute atomic E-state index is 0.415. The summed E-state index contributed by atoms with van der Waals surface area (Å²) in [6.45, 7) is 4.39. The maximum atomic E-state index is 4.44. The number of nitrogens with one attached hydrogen (secondary N) is 1. The third-order valence-electron chi connectivity index (χ3n) is 3.50. The molecule has 0 bridgehead atoms. The fourth-order valence-corrected chi connectivity index (χ4v) is 2.48. The van der Waals surface area contributed by atoms with Crippen molar-refractivity contribution in [2.75, 3.05) is 7.05 Å². The summed E-state index contributed by atoms with van der Waals surface area (Å²) < 4.78 is 2.19. The Hall–Kier alpha value is -1.61. The van der Waals surface area contributed by atoms with Crippen LogP contribution in [0.5, 0.6) is 0 Å². The molecule has 3 nitrogen and oxygen atoms in total. The van der Waals surface area contributed by atoms with Gasteiger partial charge in [0, 0.05) is 30.5 Å². The van der Waals surface area contributed by atoms with Crippen molar-refractivity contribution in [1.82, 2.24) is 14.9 Å². The van der Waals surface area contributed by atoms with E-state index < -0.39 is 0 Å². The van der Waals surface area contributed by atoms with Gasteiger partial charge in [-0.2, -0.15) is 0 Å². The molecule has 3 heteroatoms. The van der Waals surface area contributed by atoms with E-state index in [1.165, 1.54) is 11.3 Å². The van der Waals surface area contributed by atoms with Gasteiger partial charge in [-0.1, -0.05) is 26.0 Å². The van der Waals surface area contributed by atoms with E-state index in [1.54, 1.807) is 0 Å². The number of aryl methyl sites for hydroxylation is 1. The van der Waals surface area contributed by atoms with Crippen LogP contribution >= 0.6 is 0 Å². The summed E-state index contributed by atoms with van der Waals surface area (Å²) in [5.74, 6) is 1.14. The fraction of sp³-hybridized carbons (Fsp3) is 0.438. The van der Waals surface area contributed by atoms with Gasteiger partial charge in [-0.25, -0.2) is 4.98 Å². The number of benzene rings is 1. The molecule has 2 rings (SSSR count). The summed E-state index contributed by atoms with van der Waals surface area (Å²) >= 11 is 0. The molecule has 2 aromatic rings. The first-order chi connectivity index (χ1) is 9.30. The van der Waals surface area contributed by atoms with Crippen molar-refractivity contribution < 1.29 is 0 Å². The number of hydrogen-bond acceptors (Lipinski definition) is 2.